The summed E-state index contributed by atoms with van der Waals surface area (Å²) in [6, 6.07) is 0. The topological polar surface area (TPSA) is 46.5 Å². The lowest BCUT2D eigenvalue weighted by Crippen LogP contribution is -2.17. The molecule has 0 saturated carbocycles. The van der Waals surface area contributed by atoms with E-state index >= 15 is 0 Å². The van der Waals surface area contributed by atoms with Crippen LogP contribution in [0.1, 0.15) is 6.92 Å². The first-order valence-electron chi connectivity index (χ1n) is 4.31. The number of rotatable bonds is 3. The fourth-order valence-corrected chi connectivity index (χ4v) is 4.90. The average molecular weight is 220 g/mol. The van der Waals surface area contributed by atoms with Crippen LogP contribution in [-0.4, -0.2) is 29.2 Å². The number of hydrogen-bond donors (Lipinski definition) is 1. The Kier molecular flexibility index (Phi) is 9.54. The molecule has 0 aliphatic heterocycles. The van der Waals surface area contributed by atoms with Crippen LogP contribution in [0.15, 0.2) is 12.2 Å². The Bertz CT molecular complexity index is 149. The summed E-state index contributed by atoms with van der Waals surface area (Å²) < 4.78 is 5.53. The van der Waals surface area contributed by atoms with Gasteiger partial charge in [-0.1, -0.05) is 6.58 Å². The minimum atomic E-state index is -0.935. The molecule has 0 heterocycles. The quantitative estimate of drug-likeness (QED) is 0.581. The van der Waals surface area contributed by atoms with E-state index in [0.29, 0.717) is 0 Å². The smallest absolute Gasteiger partial charge is 0.330 e. The molecular weight excluding hydrogens is 200 g/mol. The van der Waals surface area contributed by atoms with E-state index < -0.39 is 24.0 Å². The second-order valence-electron chi connectivity index (χ2n) is 3.32. The molecule has 0 saturated heterocycles. The van der Waals surface area contributed by atoms with Gasteiger partial charge in [-0.25, -0.2) is 4.79 Å². The number of carboxylic acids is 1. The molecule has 5 heteroatoms. The summed E-state index contributed by atoms with van der Waals surface area (Å²) in [4.78, 5) is 9.60. The molecule has 0 unspecified atom stereocenters. The predicted octanol–water partition coefficient (Wildman–Crippen LogP) is 1.62. The summed E-state index contributed by atoms with van der Waals surface area (Å²) in [5.74, 6) is -0.935. The normalized spacial score (nSPS) is 9.46. The molecular formula is C8H20O3Si2. The lowest BCUT2D eigenvalue weighted by Gasteiger charge is -2.07. The molecule has 0 bridgehead atoms. The highest BCUT2D eigenvalue weighted by Gasteiger charge is 1.97. The molecule has 0 rings (SSSR count). The van der Waals surface area contributed by atoms with Gasteiger partial charge in [-0.05, 0) is 33.1 Å². The Balaban J connectivity index is 0. The van der Waals surface area contributed by atoms with Gasteiger partial charge in [0.1, 0.15) is 0 Å². The van der Waals surface area contributed by atoms with Crippen LogP contribution in [0.3, 0.4) is 0 Å². The van der Waals surface area contributed by atoms with Crippen molar-refractivity contribution in [1.82, 2.24) is 0 Å². The highest BCUT2D eigenvalue weighted by Crippen LogP contribution is 1.87. The Hall–Kier alpha value is -0.396. The molecule has 0 fully saturated rings. The van der Waals surface area contributed by atoms with E-state index in [1.807, 2.05) is 0 Å². The number of carbonyl (C=O) groups is 1. The van der Waals surface area contributed by atoms with Gasteiger partial charge in [0.15, 0.2) is 18.1 Å². The molecule has 13 heavy (non-hydrogen) atoms. The molecule has 0 aromatic carbocycles. The van der Waals surface area contributed by atoms with Gasteiger partial charge in [0, 0.05) is 5.57 Å². The molecule has 0 aliphatic rings. The molecule has 0 aromatic rings. The molecule has 78 valence electrons. The Morgan fingerprint density at radius 1 is 1.23 bits per heavy atom. The van der Waals surface area contributed by atoms with Crippen molar-refractivity contribution in [3.63, 3.8) is 0 Å². The van der Waals surface area contributed by atoms with E-state index in [1.54, 1.807) is 0 Å². The SMILES string of the molecule is C=C(C)C(=O)O.C[SiH](C)O[SiH](C)C. The molecule has 0 amide bonds. The Morgan fingerprint density at radius 2 is 1.46 bits per heavy atom. The Labute approximate surface area is 83.9 Å². The van der Waals surface area contributed by atoms with Gasteiger partial charge in [0.25, 0.3) is 0 Å². The zero-order valence-electron chi connectivity index (χ0n) is 9.13. The molecule has 0 atom stereocenters. The maximum Gasteiger partial charge on any atom is 0.330 e. The molecule has 1 N–H and O–H groups in total. The van der Waals surface area contributed by atoms with Crippen LogP contribution in [0.5, 0.6) is 0 Å². The van der Waals surface area contributed by atoms with Gasteiger partial charge in [0.2, 0.25) is 0 Å². The van der Waals surface area contributed by atoms with Crippen molar-refractivity contribution in [1.29, 1.82) is 0 Å². The lowest BCUT2D eigenvalue weighted by molar-refractivity contribution is -0.132. The van der Waals surface area contributed by atoms with Crippen molar-refractivity contribution in [2.45, 2.75) is 33.1 Å². The molecule has 0 aromatic heterocycles. The van der Waals surface area contributed by atoms with Gasteiger partial charge in [-0.15, -0.1) is 0 Å². The van der Waals surface area contributed by atoms with Crippen LogP contribution < -0.4 is 0 Å². The molecule has 0 aliphatic carbocycles. The van der Waals surface area contributed by atoms with Crippen LogP contribution in [-0.2, 0) is 8.91 Å². The fourth-order valence-electron chi connectivity index (χ4n) is 0.544. The van der Waals surface area contributed by atoms with Crippen molar-refractivity contribution >= 4 is 24.0 Å². The van der Waals surface area contributed by atoms with Gasteiger partial charge < -0.3 is 9.22 Å². The summed E-state index contributed by atoms with van der Waals surface area (Å²) in [6.45, 7) is 13.5. The minimum absolute atomic E-state index is 0.176. The van der Waals surface area contributed by atoms with Crippen molar-refractivity contribution in [2.24, 2.45) is 0 Å². The monoisotopic (exact) mass is 220 g/mol. The zero-order valence-corrected chi connectivity index (χ0v) is 11.4. The second kappa shape index (κ2) is 8.21. The standard InChI is InChI=1S/C4H6O2.C4H14OSi2/c1-3(2)4(5)6;1-6(2)5-7(3)4/h1H2,2H3,(H,5,6);6-7H,1-4H3. The minimum Gasteiger partial charge on any atom is -0.478 e. The maximum atomic E-state index is 9.60. The van der Waals surface area contributed by atoms with Crippen molar-refractivity contribution in [3.05, 3.63) is 12.2 Å². The van der Waals surface area contributed by atoms with Gasteiger partial charge >= 0.3 is 5.97 Å². The van der Waals surface area contributed by atoms with Crippen molar-refractivity contribution in [3.8, 4) is 0 Å². The highest BCUT2D eigenvalue weighted by atomic mass is 28.4. The zero-order chi connectivity index (χ0) is 11.0. The van der Waals surface area contributed by atoms with Crippen LogP contribution in [0.4, 0.5) is 0 Å². The lowest BCUT2D eigenvalue weighted by atomic mass is 10.4. The van der Waals surface area contributed by atoms with E-state index in [1.165, 1.54) is 6.92 Å². The predicted molar refractivity (Wildman–Crippen MR) is 61.3 cm³/mol. The first-order valence-corrected chi connectivity index (χ1v) is 9.87. The molecule has 0 spiro atoms. The van der Waals surface area contributed by atoms with E-state index in [2.05, 4.69) is 32.8 Å². The van der Waals surface area contributed by atoms with Crippen LogP contribution in [0.2, 0.25) is 26.2 Å². The molecule has 0 radical (unpaired) electrons. The highest BCUT2D eigenvalue weighted by molar-refractivity contribution is 6.63. The number of carboxylic acid groups (broad SMARTS) is 1. The van der Waals surface area contributed by atoms with Gasteiger partial charge in [0.05, 0.1) is 0 Å². The average Bonchev–Trinajstić information content (AvgIpc) is 1.84. The summed E-state index contributed by atoms with van der Waals surface area (Å²) in [5, 5.41) is 7.89. The summed E-state index contributed by atoms with van der Waals surface area (Å²) in [5.41, 5.74) is 0.176. The first-order chi connectivity index (χ1) is 5.77. The largest absolute Gasteiger partial charge is 0.478 e. The molecule has 3 nitrogen and oxygen atoms in total. The third-order valence-electron chi connectivity index (χ3n) is 0.909. The van der Waals surface area contributed by atoms with Crippen LogP contribution in [0.25, 0.3) is 0 Å². The van der Waals surface area contributed by atoms with Crippen molar-refractivity contribution in [2.75, 3.05) is 0 Å². The van der Waals surface area contributed by atoms with Crippen molar-refractivity contribution < 1.29 is 14.0 Å². The van der Waals surface area contributed by atoms with E-state index in [-0.39, 0.29) is 5.57 Å². The first kappa shape index (κ1) is 15.1. The second-order valence-corrected chi connectivity index (χ2v) is 8.60. The van der Waals surface area contributed by atoms with Crippen LogP contribution in [0, 0.1) is 0 Å². The van der Waals surface area contributed by atoms with Gasteiger partial charge in [-0.2, -0.15) is 0 Å². The summed E-state index contributed by atoms with van der Waals surface area (Å²) >= 11 is 0. The third-order valence-corrected chi connectivity index (χ3v) is 5.26. The van der Waals surface area contributed by atoms with Gasteiger partial charge in [-0.3, -0.25) is 0 Å². The Morgan fingerprint density at radius 3 is 1.46 bits per heavy atom. The maximum absolute atomic E-state index is 9.60. The van der Waals surface area contributed by atoms with E-state index in [0.717, 1.165) is 0 Å². The fraction of sp³-hybridized carbons (Fsp3) is 0.625. The van der Waals surface area contributed by atoms with E-state index in [4.69, 9.17) is 9.22 Å². The summed E-state index contributed by atoms with van der Waals surface area (Å²) in [6.07, 6.45) is 0. The summed E-state index contributed by atoms with van der Waals surface area (Å²) in [7, 11) is -1.33. The third kappa shape index (κ3) is 18.5. The van der Waals surface area contributed by atoms with E-state index in [9.17, 15) is 4.79 Å². The number of aliphatic carboxylic acids is 1. The number of hydrogen-bond acceptors (Lipinski definition) is 2. The van der Waals surface area contributed by atoms with Crippen LogP contribution >= 0.6 is 0 Å².